The van der Waals surface area contributed by atoms with Gasteiger partial charge in [-0.1, -0.05) is 27.2 Å². The zero-order chi connectivity index (χ0) is 13.7. The van der Waals surface area contributed by atoms with E-state index in [1.807, 2.05) is 29.7 Å². The first-order valence-corrected chi connectivity index (χ1v) is 6.28. The van der Waals surface area contributed by atoms with Crippen molar-refractivity contribution in [2.24, 2.45) is 5.84 Å². The number of aromatic nitrogens is 3. The molecule has 1 amide bonds. The third-order valence-electron chi connectivity index (χ3n) is 2.29. The molecular formula is C11H12BrN5O2. The minimum Gasteiger partial charge on any atom is -0.492 e. The third-order valence-corrected chi connectivity index (χ3v) is 2.78. The molecule has 0 fully saturated rings. The van der Waals surface area contributed by atoms with Gasteiger partial charge in [-0.3, -0.25) is 10.2 Å². The van der Waals surface area contributed by atoms with E-state index in [0.717, 1.165) is 10.2 Å². The Balaban J connectivity index is 1.86. The lowest BCUT2D eigenvalue weighted by Gasteiger charge is -2.05. The summed E-state index contributed by atoms with van der Waals surface area (Å²) in [5.74, 6) is 5.28. The Bertz CT molecular complexity index is 572. The molecule has 0 unspecified atom stereocenters. The summed E-state index contributed by atoms with van der Waals surface area (Å²) in [7, 11) is 0. The molecule has 1 aromatic carbocycles. The third kappa shape index (κ3) is 3.76. The molecular weight excluding hydrogens is 314 g/mol. The zero-order valence-corrected chi connectivity index (χ0v) is 11.5. The van der Waals surface area contributed by atoms with E-state index in [2.05, 4.69) is 26.2 Å². The van der Waals surface area contributed by atoms with Crippen molar-refractivity contribution in [3.05, 3.63) is 40.6 Å². The van der Waals surface area contributed by atoms with Crippen LogP contribution in [0.3, 0.4) is 0 Å². The number of carbonyl (C=O) groups excluding carboxylic acids is 1. The second kappa shape index (κ2) is 6.30. The molecule has 19 heavy (non-hydrogen) atoms. The quantitative estimate of drug-likeness (QED) is 0.480. The molecule has 0 aliphatic heterocycles. The minimum atomic E-state index is -0.473. The maximum Gasteiger partial charge on any atom is 0.287 e. The number of halogens is 1. The van der Waals surface area contributed by atoms with Gasteiger partial charge in [0.2, 0.25) is 0 Å². The van der Waals surface area contributed by atoms with Gasteiger partial charge in [0.15, 0.2) is 5.69 Å². The highest BCUT2D eigenvalue weighted by Crippen LogP contribution is 2.17. The van der Waals surface area contributed by atoms with E-state index in [0.29, 0.717) is 13.2 Å². The summed E-state index contributed by atoms with van der Waals surface area (Å²) >= 11 is 3.36. The van der Waals surface area contributed by atoms with Gasteiger partial charge in [-0.05, 0) is 18.2 Å². The fraction of sp³-hybridized carbons (Fsp3) is 0.182. The lowest BCUT2D eigenvalue weighted by atomic mass is 10.3. The highest BCUT2D eigenvalue weighted by atomic mass is 79.9. The predicted octanol–water partition coefficient (Wildman–Crippen LogP) is 0.723. The summed E-state index contributed by atoms with van der Waals surface area (Å²) in [6, 6.07) is 7.54. The first kappa shape index (κ1) is 13.5. The van der Waals surface area contributed by atoms with Gasteiger partial charge in [0.1, 0.15) is 12.4 Å². The number of nitrogens with one attached hydrogen (secondary N) is 1. The van der Waals surface area contributed by atoms with E-state index >= 15 is 0 Å². The summed E-state index contributed by atoms with van der Waals surface area (Å²) in [5.41, 5.74) is 2.16. The number of hydrogen-bond acceptors (Lipinski definition) is 5. The molecule has 0 saturated carbocycles. The number of hydrogen-bond donors (Lipinski definition) is 2. The van der Waals surface area contributed by atoms with Crippen molar-refractivity contribution in [2.75, 3.05) is 6.61 Å². The number of nitrogen functional groups attached to an aromatic ring is 1. The lowest BCUT2D eigenvalue weighted by Crippen LogP contribution is -2.30. The van der Waals surface area contributed by atoms with Crippen molar-refractivity contribution in [3.8, 4) is 5.75 Å². The number of hydrazine groups is 1. The molecule has 1 aromatic heterocycles. The van der Waals surface area contributed by atoms with E-state index in [9.17, 15) is 4.79 Å². The number of benzene rings is 1. The topological polar surface area (TPSA) is 95.1 Å². The summed E-state index contributed by atoms with van der Waals surface area (Å²) < 4.78 is 8.01. The number of ether oxygens (including phenoxy) is 1. The predicted molar refractivity (Wildman–Crippen MR) is 71.3 cm³/mol. The van der Waals surface area contributed by atoms with Crippen molar-refractivity contribution >= 4 is 21.8 Å². The summed E-state index contributed by atoms with van der Waals surface area (Å²) in [5, 5.41) is 7.48. The van der Waals surface area contributed by atoms with Crippen LogP contribution in [0.1, 0.15) is 10.5 Å². The monoisotopic (exact) mass is 325 g/mol. The van der Waals surface area contributed by atoms with Gasteiger partial charge < -0.3 is 4.74 Å². The zero-order valence-electron chi connectivity index (χ0n) is 9.91. The van der Waals surface area contributed by atoms with Gasteiger partial charge in [0.05, 0.1) is 12.7 Å². The van der Waals surface area contributed by atoms with Crippen molar-refractivity contribution in [2.45, 2.75) is 6.54 Å². The van der Waals surface area contributed by atoms with Crippen molar-refractivity contribution < 1.29 is 9.53 Å². The fourth-order valence-corrected chi connectivity index (χ4v) is 1.78. The molecule has 3 N–H and O–H groups in total. The Kier molecular flexibility index (Phi) is 4.48. The van der Waals surface area contributed by atoms with Crippen molar-refractivity contribution in [1.29, 1.82) is 0 Å². The van der Waals surface area contributed by atoms with Gasteiger partial charge in [-0.2, -0.15) is 0 Å². The molecule has 0 atom stereocenters. The SMILES string of the molecule is NNC(=O)c1cn(CCOc2cccc(Br)c2)nn1. The van der Waals surface area contributed by atoms with E-state index in [-0.39, 0.29) is 5.69 Å². The lowest BCUT2D eigenvalue weighted by molar-refractivity contribution is 0.0948. The van der Waals surface area contributed by atoms with Crippen molar-refractivity contribution in [1.82, 2.24) is 20.4 Å². The Hall–Kier alpha value is -1.93. The molecule has 0 saturated heterocycles. The van der Waals surface area contributed by atoms with Gasteiger partial charge in [0.25, 0.3) is 5.91 Å². The largest absolute Gasteiger partial charge is 0.492 e. The Labute approximate surface area is 117 Å². The molecule has 2 rings (SSSR count). The molecule has 2 aromatic rings. The first-order chi connectivity index (χ1) is 9.19. The van der Waals surface area contributed by atoms with Gasteiger partial charge in [0, 0.05) is 4.47 Å². The van der Waals surface area contributed by atoms with Crippen LogP contribution in [0, 0.1) is 0 Å². The van der Waals surface area contributed by atoms with E-state index < -0.39 is 5.91 Å². The van der Waals surface area contributed by atoms with E-state index in [4.69, 9.17) is 10.6 Å². The van der Waals surface area contributed by atoms with Crippen LogP contribution in [0.5, 0.6) is 5.75 Å². The normalized spacial score (nSPS) is 10.2. The fourth-order valence-electron chi connectivity index (χ4n) is 1.40. The average molecular weight is 326 g/mol. The maximum absolute atomic E-state index is 11.2. The van der Waals surface area contributed by atoms with Crippen LogP contribution < -0.4 is 16.0 Å². The maximum atomic E-state index is 11.2. The van der Waals surface area contributed by atoms with Crippen LogP contribution in [-0.4, -0.2) is 27.5 Å². The molecule has 0 aliphatic rings. The number of carbonyl (C=O) groups is 1. The van der Waals surface area contributed by atoms with Gasteiger partial charge in [-0.15, -0.1) is 5.10 Å². The number of rotatable bonds is 5. The number of nitrogens with zero attached hydrogens (tertiary/aromatic N) is 3. The number of nitrogens with two attached hydrogens (primary N) is 1. The second-order valence-corrected chi connectivity index (χ2v) is 4.56. The second-order valence-electron chi connectivity index (χ2n) is 3.65. The highest BCUT2D eigenvalue weighted by Gasteiger charge is 2.08. The molecule has 0 bridgehead atoms. The standard InChI is InChI=1S/C11H12BrN5O2/c12-8-2-1-3-9(6-8)19-5-4-17-7-10(15-16-17)11(18)14-13/h1-3,6-7H,4-5,13H2,(H,14,18). The van der Waals surface area contributed by atoms with Crippen LogP contribution in [0.4, 0.5) is 0 Å². The molecule has 0 aliphatic carbocycles. The van der Waals surface area contributed by atoms with Crippen LogP contribution in [-0.2, 0) is 6.54 Å². The molecule has 7 nitrogen and oxygen atoms in total. The first-order valence-electron chi connectivity index (χ1n) is 5.48. The molecule has 1 heterocycles. The van der Waals surface area contributed by atoms with Gasteiger partial charge >= 0.3 is 0 Å². The Morgan fingerprint density at radius 1 is 1.53 bits per heavy atom. The Morgan fingerprint density at radius 3 is 3.11 bits per heavy atom. The molecule has 0 radical (unpaired) electrons. The number of amides is 1. The van der Waals surface area contributed by atoms with Crippen LogP contribution in [0.2, 0.25) is 0 Å². The summed E-state index contributed by atoms with van der Waals surface area (Å²) in [6.07, 6.45) is 1.51. The Morgan fingerprint density at radius 2 is 2.37 bits per heavy atom. The van der Waals surface area contributed by atoms with Crippen LogP contribution in [0.15, 0.2) is 34.9 Å². The van der Waals surface area contributed by atoms with E-state index in [1.54, 1.807) is 0 Å². The van der Waals surface area contributed by atoms with Crippen LogP contribution in [0.25, 0.3) is 0 Å². The summed E-state index contributed by atoms with van der Waals surface area (Å²) in [6.45, 7) is 0.904. The van der Waals surface area contributed by atoms with Gasteiger partial charge in [-0.25, -0.2) is 10.5 Å². The van der Waals surface area contributed by atoms with Crippen molar-refractivity contribution in [3.63, 3.8) is 0 Å². The highest BCUT2D eigenvalue weighted by molar-refractivity contribution is 9.10. The smallest absolute Gasteiger partial charge is 0.287 e. The average Bonchev–Trinajstić information content (AvgIpc) is 2.87. The summed E-state index contributed by atoms with van der Waals surface area (Å²) in [4.78, 5) is 11.2. The van der Waals surface area contributed by atoms with E-state index in [1.165, 1.54) is 10.9 Å². The molecule has 8 heteroatoms. The minimum absolute atomic E-state index is 0.171. The van der Waals surface area contributed by atoms with Crippen LogP contribution >= 0.6 is 15.9 Å². The molecule has 100 valence electrons. The molecule has 0 spiro atoms.